The van der Waals surface area contributed by atoms with Crippen molar-refractivity contribution in [2.45, 2.75) is 26.2 Å². The van der Waals surface area contributed by atoms with Gasteiger partial charge in [-0.25, -0.2) is 4.79 Å². The Labute approximate surface area is 174 Å². The Bertz CT molecular complexity index is 895. The third-order valence-corrected chi connectivity index (χ3v) is 4.90. The lowest BCUT2D eigenvalue weighted by atomic mass is 9.86. The SMILES string of the molecule is CNC(=O)COc1ccc(C(C)(C)C)cc1N(C(N)=O)c1cccc(Cl)c1Cl. The van der Waals surface area contributed by atoms with Crippen molar-refractivity contribution in [3.63, 3.8) is 0 Å². The first-order valence-electron chi connectivity index (χ1n) is 8.57. The molecule has 2 rings (SSSR count). The fourth-order valence-electron chi connectivity index (χ4n) is 2.53. The Morgan fingerprint density at radius 2 is 1.82 bits per heavy atom. The van der Waals surface area contributed by atoms with Gasteiger partial charge in [0.05, 0.1) is 21.4 Å². The highest BCUT2D eigenvalue weighted by Crippen LogP contribution is 2.41. The standard InChI is InChI=1S/C20H23Cl2N3O3/c1-20(2,3)12-8-9-16(28-11-17(26)24-4)15(10-12)25(19(23)27)14-7-5-6-13(21)18(14)22/h5-10H,11H2,1-4H3,(H2,23,27)(H,24,26). The Balaban J connectivity index is 2.66. The van der Waals surface area contributed by atoms with Gasteiger partial charge in [-0.05, 0) is 35.2 Å². The zero-order valence-corrected chi connectivity index (χ0v) is 17.7. The highest BCUT2D eigenvalue weighted by Gasteiger charge is 2.25. The lowest BCUT2D eigenvalue weighted by Crippen LogP contribution is -2.33. The summed E-state index contributed by atoms with van der Waals surface area (Å²) < 4.78 is 5.64. The van der Waals surface area contributed by atoms with Gasteiger partial charge in [0.15, 0.2) is 6.61 Å². The van der Waals surface area contributed by atoms with Crippen LogP contribution in [0.2, 0.25) is 10.0 Å². The number of halogens is 2. The lowest BCUT2D eigenvalue weighted by Gasteiger charge is -2.27. The van der Waals surface area contributed by atoms with Crippen molar-refractivity contribution in [1.82, 2.24) is 5.32 Å². The van der Waals surface area contributed by atoms with Crippen LogP contribution in [-0.4, -0.2) is 25.6 Å². The summed E-state index contributed by atoms with van der Waals surface area (Å²) in [6.07, 6.45) is 0. The molecule has 0 atom stereocenters. The second-order valence-electron chi connectivity index (χ2n) is 7.14. The van der Waals surface area contributed by atoms with Crippen molar-refractivity contribution < 1.29 is 14.3 Å². The zero-order chi connectivity index (χ0) is 21.1. The molecule has 28 heavy (non-hydrogen) atoms. The summed E-state index contributed by atoms with van der Waals surface area (Å²) in [7, 11) is 1.51. The van der Waals surface area contributed by atoms with E-state index in [1.54, 1.807) is 30.3 Å². The summed E-state index contributed by atoms with van der Waals surface area (Å²) in [6.45, 7) is 5.91. The van der Waals surface area contributed by atoms with Gasteiger partial charge in [0, 0.05) is 7.05 Å². The van der Waals surface area contributed by atoms with Gasteiger partial charge in [-0.3, -0.25) is 9.69 Å². The number of amides is 3. The molecule has 0 aromatic heterocycles. The van der Waals surface area contributed by atoms with Crippen molar-refractivity contribution in [3.8, 4) is 5.75 Å². The number of hydrogen-bond donors (Lipinski definition) is 2. The minimum atomic E-state index is -0.764. The first kappa shape index (κ1) is 21.9. The van der Waals surface area contributed by atoms with Crippen LogP contribution in [0.5, 0.6) is 5.75 Å². The Kier molecular flexibility index (Phi) is 6.80. The summed E-state index contributed by atoms with van der Waals surface area (Å²) in [4.78, 5) is 25.2. The molecule has 3 amide bonds. The van der Waals surface area contributed by atoms with Gasteiger partial charge in [0.25, 0.3) is 5.91 Å². The number of likely N-dealkylation sites (N-methyl/N-ethyl adjacent to an activating group) is 1. The van der Waals surface area contributed by atoms with E-state index in [1.807, 2.05) is 26.8 Å². The van der Waals surface area contributed by atoms with Crippen molar-refractivity contribution in [3.05, 3.63) is 52.0 Å². The van der Waals surface area contributed by atoms with Crippen molar-refractivity contribution in [1.29, 1.82) is 0 Å². The molecule has 0 radical (unpaired) electrons. The van der Waals surface area contributed by atoms with Crippen LogP contribution >= 0.6 is 23.2 Å². The molecule has 150 valence electrons. The molecule has 3 N–H and O–H groups in total. The number of nitrogens with two attached hydrogens (primary N) is 1. The summed E-state index contributed by atoms with van der Waals surface area (Å²) in [5.41, 5.74) is 7.11. The van der Waals surface area contributed by atoms with Gasteiger partial charge in [-0.1, -0.05) is 56.1 Å². The van der Waals surface area contributed by atoms with E-state index in [4.69, 9.17) is 33.7 Å². The summed E-state index contributed by atoms with van der Waals surface area (Å²) in [5.74, 6) is 0.00343. The van der Waals surface area contributed by atoms with Crippen molar-refractivity contribution in [2.24, 2.45) is 5.73 Å². The molecule has 0 aliphatic rings. The summed E-state index contributed by atoms with van der Waals surface area (Å²) in [6, 6.07) is 9.51. The van der Waals surface area contributed by atoms with E-state index in [0.29, 0.717) is 17.1 Å². The summed E-state index contributed by atoms with van der Waals surface area (Å²) in [5, 5.41) is 2.95. The van der Waals surface area contributed by atoms with E-state index in [0.717, 1.165) is 5.56 Å². The maximum Gasteiger partial charge on any atom is 0.324 e. The molecule has 0 saturated heterocycles. The molecule has 0 aliphatic heterocycles. The largest absolute Gasteiger partial charge is 0.482 e. The van der Waals surface area contributed by atoms with Gasteiger partial charge >= 0.3 is 6.03 Å². The second kappa shape index (κ2) is 8.71. The zero-order valence-electron chi connectivity index (χ0n) is 16.2. The van der Waals surface area contributed by atoms with E-state index in [1.165, 1.54) is 11.9 Å². The molecule has 0 spiro atoms. The van der Waals surface area contributed by atoms with Crippen LogP contribution in [0.25, 0.3) is 0 Å². The first-order chi connectivity index (χ1) is 13.1. The monoisotopic (exact) mass is 423 g/mol. The molecular weight excluding hydrogens is 401 g/mol. The molecule has 8 heteroatoms. The fraction of sp³-hybridized carbons (Fsp3) is 0.300. The Morgan fingerprint density at radius 1 is 1.14 bits per heavy atom. The number of carbonyl (C=O) groups is 2. The number of nitrogens with one attached hydrogen (secondary N) is 1. The molecular formula is C20H23Cl2N3O3. The molecule has 0 bridgehead atoms. The predicted molar refractivity (Wildman–Crippen MR) is 113 cm³/mol. The van der Waals surface area contributed by atoms with Crippen molar-refractivity contribution in [2.75, 3.05) is 18.6 Å². The predicted octanol–water partition coefficient (Wildman–Crippen LogP) is 4.63. The van der Waals surface area contributed by atoms with E-state index in [9.17, 15) is 9.59 Å². The van der Waals surface area contributed by atoms with Crippen LogP contribution < -0.4 is 20.7 Å². The number of benzene rings is 2. The molecule has 0 saturated carbocycles. The molecule has 2 aromatic rings. The Morgan fingerprint density at radius 3 is 2.39 bits per heavy atom. The summed E-state index contributed by atoms with van der Waals surface area (Å²) >= 11 is 12.4. The molecule has 2 aromatic carbocycles. The van der Waals surface area contributed by atoms with Gasteiger partial charge in [-0.15, -0.1) is 0 Å². The van der Waals surface area contributed by atoms with Crippen LogP contribution in [0.1, 0.15) is 26.3 Å². The Hall–Kier alpha value is -2.44. The third kappa shape index (κ3) is 4.88. The van der Waals surface area contributed by atoms with Crippen LogP contribution in [0, 0.1) is 0 Å². The first-order valence-corrected chi connectivity index (χ1v) is 9.33. The lowest BCUT2D eigenvalue weighted by molar-refractivity contribution is -0.122. The number of rotatable bonds is 5. The average Bonchev–Trinajstić information content (AvgIpc) is 2.62. The van der Waals surface area contributed by atoms with Crippen LogP contribution in [-0.2, 0) is 10.2 Å². The number of urea groups is 1. The number of nitrogens with zero attached hydrogens (tertiary/aromatic N) is 1. The van der Waals surface area contributed by atoms with E-state index < -0.39 is 6.03 Å². The van der Waals surface area contributed by atoms with Crippen LogP contribution in [0.4, 0.5) is 16.2 Å². The molecule has 0 unspecified atom stereocenters. The topological polar surface area (TPSA) is 84.7 Å². The van der Waals surface area contributed by atoms with E-state index in [2.05, 4.69) is 5.32 Å². The van der Waals surface area contributed by atoms with Crippen LogP contribution in [0.3, 0.4) is 0 Å². The third-order valence-electron chi connectivity index (χ3n) is 4.10. The molecule has 0 fully saturated rings. The number of carbonyl (C=O) groups excluding carboxylic acids is 2. The minimum Gasteiger partial charge on any atom is -0.482 e. The van der Waals surface area contributed by atoms with Gasteiger partial charge < -0.3 is 15.8 Å². The smallest absolute Gasteiger partial charge is 0.324 e. The maximum absolute atomic E-state index is 12.4. The quantitative estimate of drug-likeness (QED) is 0.734. The maximum atomic E-state index is 12.4. The van der Waals surface area contributed by atoms with Gasteiger partial charge in [0.2, 0.25) is 0 Å². The average molecular weight is 424 g/mol. The van der Waals surface area contributed by atoms with Gasteiger partial charge in [0.1, 0.15) is 5.75 Å². The highest BCUT2D eigenvalue weighted by molar-refractivity contribution is 6.44. The fourth-order valence-corrected chi connectivity index (χ4v) is 2.91. The molecule has 6 nitrogen and oxygen atoms in total. The minimum absolute atomic E-state index is 0.182. The normalized spacial score (nSPS) is 11.1. The second-order valence-corrected chi connectivity index (χ2v) is 7.93. The number of anilines is 2. The molecule has 0 aliphatic carbocycles. The molecule has 0 heterocycles. The number of ether oxygens (including phenoxy) is 1. The van der Waals surface area contributed by atoms with E-state index >= 15 is 0 Å². The highest BCUT2D eigenvalue weighted by atomic mass is 35.5. The number of hydrogen-bond acceptors (Lipinski definition) is 3. The van der Waals surface area contributed by atoms with Crippen LogP contribution in [0.15, 0.2) is 36.4 Å². The van der Waals surface area contributed by atoms with E-state index in [-0.39, 0.29) is 28.0 Å². The van der Waals surface area contributed by atoms with Gasteiger partial charge in [-0.2, -0.15) is 0 Å². The number of primary amides is 1. The van der Waals surface area contributed by atoms with Crippen molar-refractivity contribution >= 4 is 46.5 Å².